The SMILES string of the molecule is CC(C)COC(=NCc1ccco1)NC(=O)c1ccco1. The van der Waals surface area contributed by atoms with Crippen LogP contribution in [0.15, 0.2) is 50.6 Å². The number of carbonyl (C=O) groups is 1. The Morgan fingerprint density at radius 1 is 1.29 bits per heavy atom. The van der Waals surface area contributed by atoms with Crippen molar-refractivity contribution in [2.75, 3.05) is 6.61 Å². The van der Waals surface area contributed by atoms with Crippen molar-refractivity contribution in [3.8, 4) is 0 Å². The number of furan rings is 2. The minimum atomic E-state index is -0.401. The minimum absolute atomic E-state index is 0.154. The molecule has 2 aromatic rings. The van der Waals surface area contributed by atoms with Gasteiger partial charge in [0.2, 0.25) is 0 Å². The number of amidine groups is 1. The maximum absolute atomic E-state index is 11.9. The summed E-state index contributed by atoms with van der Waals surface area (Å²) in [5.41, 5.74) is 0. The van der Waals surface area contributed by atoms with Crippen LogP contribution in [-0.2, 0) is 11.3 Å². The molecule has 0 saturated heterocycles. The van der Waals surface area contributed by atoms with Crippen LogP contribution in [-0.4, -0.2) is 18.5 Å². The average Bonchev–Trinajstić information content (AvgIpc) is 3.13. The van der Waals surface area contributed by atoms with Crippen molar-refractivity contribution in [1.29, 1.82) is 0 Å². The Kier molecular flexibility index (Phi) is 5.20. The molecular formula is C15H18N2O4. The van der Waals surface area contributed by atoms with Crippen molar-refractivity contribution in [2.24, 2.45) is 10.9 Å². The fraction of sp³-hybridized carbons (Fsp3) is 0.333. The van der Waals surface area contributed by atoms with Crippen LogP contribution in [0.25, 0.3) is 0 Å². The molecule has 0 aromatic carbocycles. The number of carbonyl (C=O) groups excluding carboxylic acids is 1. The van der Waals surface area contributed by atoms with Gasteiger partial charge in [0, 0.05) is 0 Å². The lowest BCUT2D eigenvalue weighted by Crippen LogP contribution is -2.33. The zero-order chi connectivity index (χ0) is 15.1. The molecule has 2 rings (SSSR count). The molecular weight excluding hydrogens is 272 g/mol. The summed E-state index contributed by atoms with van der Waals surface area (Å²) in [6, 6.07) is 6.95. The molecule has 6 heteroatoms. The fourth-order valence-electron chi connectivity index (χ4n) is 1.49. The summed E-state index contributed by atoms with van der Waals surface area (Å²) >= 11 is 0. The number of aliphatic imine (C=N–C) groups is 1. The molecule has 0 aliphatic carbocycles. The molecule has 0 bridgehead atoms. The highest BCUT2D eigenvalue weighted by Gasteiger charge is 2.13. The van der Waals surface area contributed by atoms with Crippen molar-refractivity contribution in [3.05, 3.63) is 48.3 Å². The third kappa shape index (κ3) is 4.83. The molecule has 0 unspecified atom stereocenters. The summed E-state index contributed by atoms with van der Waals surface area (Å²) in [4.78, 5) is 16.1. The van der Waals surface area contributed by atoms with E-state index in [1.165, 1.54) is 6.26 Å². The third-order valence-corrected chi connectivity index (χ3v) is 2.48. The normalized spacial score (nSPS) is 11.7. The van der Waals surface area contributed by atoms with Gasteiger partial charge < -0.3 is 13.6 Å². The average molecular weight is 290 g/mol. The van der Waals surface area contributed by atoms with Gasteiger partial charge in [-0.25, -0.2) is 4.99 Å². The van der Waals surface area contributed by atoms with Gasteiger partial charge in [-0.1, -0.05) is 13.8 Å². The molecule has 0 aliphatic heterocycles. The van der Waals surface area contributed by atoms with Gasteiger partial charge in [0.05, 0.1) is 19.1 Å². The molecule has 1 N–H and O–H groups in total. The first-order chi connectivity index (χ1) is 10.1. The van der Waals surface area contributed by atoms with Gasteiger partial charge in [-0.05, 0) is 30.2 Å². The number of hydrogen-bond acceptors (Lipinski definition) is 5. The van der Waals surface area contributed by atoms with E-state index in [0.29, 0.717) is 24.8 Å². The number of rotatable bonds is 5. The highest BCUT2D eigenvalue weighted by atomic mass is 16.5. The van der Waals surface area contributed by atoms with Gasteiger partial charge in [-0.2, -0.15) is 0 Å². The summed E-state index contributed by atoms with van der Waals surface area (Å²) in [6.45, 7) is 4.77. The largest absolute Gasteiger partial charge is 0.467 e. The number of hydrogen-bond donors (Lipinski definition) is 1. The first-order valence-electron chi connectivity index (χ1n) is 6.69. The zero-order valence-electron chi connectivity index (χ0n) is 12.0. The Morgan fingerprint density at radius 3 is 2.67 bits per heavy atom. The Morgan fingerprint density at radius 2 is 2.05 bits per heavy atom. The third-order valence-electron chi connectivity index (χ3n) is 2.48. The topological polar surface area (TPSA) is 77.0 Å². The van der Waals surface area contributed by atoms with E-state index in [0.717, 1.165) is 0 Å². The van der Waals surface area contributed by atoms with E-state index in [1.54, 1.807) is 30.5 Å². The molecule has 0 fully saturated rings. The smallest absolute Gasteiger partial charge is 0.294 e. The summed E-state index contributed by atoms with van der Waals surface area (Å²) in [5, 5.41) is 2.59. The van der Waals surface area contributed by atoms with E-state index in [1.807, 2.05) is 13.8 Å². The fourth-order valence-corrected chi connectivity index (χ4v) is 1.49. The predicted molar refractivity (Wildman–Crippen MR) is 76.8 cm³/mol. The molecule has 6 nitrogen and oxygen atoms in total. The van der Waals surface area contributed by atoms with Crippen molar-refractivity contribution in [1.82, 2.24) is 5.32 Å². The van der Waals surface area contributed by atoms with Crippen LogP contribution >= 0.6 is 0 Å². The Labute approximate surface area is 122 Å². The van der Waals surface area contributed by atoms with Crippen molar-refractivity contribution < 1.29 is 18.4 Å². The molecule has 0 radical (unpaired) electrons. The second-order valence-electron chi connectivity index (χ2n) is 4.84. The summed E-state index contributed by atoms with van der Waals surface area (Å²) < 4.78 is 15.7. The zero-order valence-corrected chi connectivity index (χ0v) is 12.0. The van der Waals surface area contributed by atoms with E-state index in [4.69, 9.17) is 13.6 Å². The number of ether oxygens (including phenoxy) is 1. The van der Waals surface area contributed by atoms with Gasteiger partial charge in [0.25, 0.3) is 11.9 Å². The van der Waals surface area contributed by atoms with E-state index >= 15 is 0 Å². The maximum Gasteiger partial charge on any atom is 0.294 e. The first-order valence-corrected chi connectivity index (χ1v) is 6.69. The van der Waals surface area contributed by atoms with Crippen LogP contribution in [0.1, 0.15) is 30.2 Å². The first kappa shape index (κ1) is 14.9. The van der Waals surface area contributed by atoms with Gasteiger partial charge in [-0.15, -0.1) is 0 Å². The van der Waals surface area contributed by atoms with Crippen LogP contribution in [0.2, 0.25) is 0 Å². The second kappa shape index (κ2) is 7.33. The Hall–Kier alpha value is -2.50. The number of amides is 1. The van der Waals surface area contributed by atoms with Crippen molar-refractivity contribution >= 4 is 11.9 Å². The van der Waals surface area contributed by atoms with Gasteiger partial charge in [0.1, 0.15) is 12.3 Å². The highest BCUT2D eigenvalue weighted by Crippen LogP contribution is 2.04. The molecule has 0 atom stereocenters. The van der Waals surface area contributed by atoms with Crippen LogP contribution in [0.5, 0.6) is 0 Å². The van der Waals surface area contributed by atoms with E-state index in [2.05, 4.69) is 10.3 Å². The standard InChI is InChI=1S/C15H18N2O4/c1-11(2)10-21-15(16-9-12-5-3-7-19-12)17-14(18)13-6-4-8-20-13/h3-8,11H,9-10H2,1-2H3,(H,16,17,18). The lowest BCUT2D eigenvalue weighted by Gasteiger charge is -2.11. The summed E-state index contributed by atoms with van der Waals surface area (Å²) in [6.07, 6.45) is 3.00. The number of nitrogens with one attached hydrogen (secondary N) is 1. The van der Waals surface area contributed by atoms with E-state index in [9.17, 15) is 4.79 Å². The lowest BCUT2D eigenvalue weighted by atomic mass is 10.2. The van der Waals surface area contributed by atoms with Crippen LogP contribution in [0, 0.1) is 5.92 Å². The lowest BCUT2D eigenvalue weighted by molar-refractivity contribution is 0.0936. The maximum atomic E-state index is 11.9. The summed E-state index contributed by atoms with van der Waals surface area (Å²) in [5.74, 6) is 0.808. The monoisotopic (exact) mass is 290 g/mol. The molecule has 2 heterocycles. The Balaban J connectivity index is 2.00. The molecule has 0 saturated carbocycles. The molecule has 2 aromatic heterocycles. The van der Waals surface area contributed by atoms with E-state index in [-0.39, 0.29) is 11.8 Å². The quantitative estimate of drug-likeness (QED) is 0.678. The molecule has 0 spiro atoms. The predicted octanol–water partition coefficient (Wildman–Crippen LogP) is 2.83. The van der Waals surface area contributed by atoms with Gasteiger partial charge in [-0.3, -0.25) is 10.1 Å². The molecule has 21 heavy (non-hydrogen) atoms. The van der Waals surface area contributed by atoms with Crippen LogP contribution in [0.4, 0.5) is 0 Å². The van der Waals surface area contributed by atoms with Crippen LogP contribution in [0.3, 0.4) is 0 Å². The van der Waals surface area contributed by atoms with Crippen LogP contribution < -0.4 is 5.32 Å². The van der Waals surface area contributed by atoms with Crippen molar-refractivity contribution in [2.45, 2.75) is 20.4 Å². The van der Waals surface area contributed by atoms with Gasteiger partial charge >= 0.3 is 0 Å². The van der Waals surface area contributed by atoms with E-state index < -0.39 is 5.91 Å². The second-order valence-corrected chi connectivity index (χ2v) is 4.84. The van der Waals surface area contributed by atoms with Crippen molar-refractivity contribution in [3.63, 3.8) is 0 Å². The number of nitrogens with zero attached hydrogens (tertiary/aromatic N) is 1. The minimum Gasteiger partial charge on any atom is -0.467 e. The molecule has 1 amide bonds. The highest BCUT2D eigenvalue weighted by molar-refractivity contribution is 6.02. The Bertz CT molecular complexity index is 571. The summed E-state index contributed by atoms with van der Waals surface area (Å²) in [7, 11) is 0. The van der Waals surface area contributed by atoms with Gasteiger partial charge in [0.15, 0.2) is 5.76 Å². The molecule has 0 aliphatic rings. The molecule has 112 valence electrons.